The number of benzene rings is 1. The Bertz CT molecular complexity index is 877. The average Bonchev–Trinajstić information content (AvgIpc) is 2.71. The van der Waals surface area contributed by atoms with Crippen LogP contribution >= 0.6 is 0 Å². The number of hydrogen-bond acceptors (Lipinski definition) is 7. The van der Waals surface area contributed by atoms with Gasteiger partial charge < -0.3 is 24.4 Å². The van der Waals surface area contributed by atoms with Gasteiger partial charge in [0.25, 0.3) is 5.56 Å². The summed E-state index contributed by atoms with van der Waals surface area (Å²) in [5.41, 5.74) is 0.758. The normalized spacial score (nSPS) is 14.0. The molecule has 2 heterocycles. The third-order valence-electron chi connectivity index (χ3n) is 4.31. The molecule has 9 nitrogen and oxygen atoms in total. The van der Waals surface area contributed by atoms with Crippen molar-refractivity contribution in [3.8, 4) is 5.75 Å². The molecule has 28 heavy (non-hydrogen) atoms. The maximum absolute atomic E-state index is 12.7. The molecule has 0 saturated carbocycles. The summed E-state index contributed by atoms with van der Waals surface area (Å²) in [6.07, 6.45) is 0. The third-order valence-corrected chi connectivity index (χ3v) is 4.31. The van der Waals surface area contributed by atoms with E-state index >= 15 is 0 Å². The number of carbonyl (C=O) groups excluding carboxylic acids is 1. The molecule has 0 aliphatic carbocycles. The Balaban J connectivity index is 1.87. The molecule has 1 aromatic heterocycles. The summed E-state index contributed by atoms with van der Waals surface area (Å²) < 4.78 is 17.1. The van der Waals surface area contributed by atoms with E-state index in [-0.39, 0.29) is 24.6 Å². The number of para-hydroxylation sites is 2. The van der Waals surface area contributed by atoms with Crippen LogP contribution in [-0.4, -0.2) is 56.0 Å². The Morgan fingerprint density at radius 2 is 2.00 bits per heavy atom. The molecule has 0 radical (unpaired) electrons. The first kappa shape index (κ1) is 19.8. The van der Waals surface area contributed by atoms with E-state index in [1.165, 1.54) is 17.7 Å². The molecule has 1 aliphatic heterocycles. The summed E-state index contributed by atoms with van der Waals surface area (Å²) in [5.74, 6) is 0.644. The minimum absolute atomic E-state index is 0.163. The number of hydrogen-bond donors (Lipinski definition) is 1. The molecule has 9 heteroatoms. The number of ether oxygens (including phenoxy) is 3. The average molecular weight is 388 g/mol. The van der Waals surface area contributed by atoms with Crippen molar-refractivity contribution in [3.05, 3.63) is 46.4 Å². The number of morpholine rings is 1. The van der Waals surface area contributed by atoms with Gasteiger partial charge in [-0.1, -0.05) is 12.1 Å². The lowest BCUT2D eigenvalue weighted by Gasteiger charge is -2.29. The molecule has 0 unspecified atom stereocenters. The van der Waals surface area contributed by atoms with Crippen LogP contribution in [0.3, 0.4) is 0 Å². The highest BCUT2D eigenvalue weighted by molar-refractivity contribution is 5.92. The molecule has 0 atom stereocenters. The van der Waals surface area contributed by atoms with Crippen LogP contribution < -0.4 is 20.5 Å². The minimum atomic E-state index is -0.345. The standard InChI is InChI=1S/C19H24N4O5/c1-26-13-14-11-18(25)23(19(20-14)22-7-9-28-10-8-22)12-17(24)21-15-5-3-4-6-16(15)27-2/h3-6,11H,7-10,12-13H2,1-2H3,(H,21,24). The van der Waals surface area contributed by atoms with Crippen molar-refractivity contribution in [1.82, 2.24) is 9.55 Å². The van der Waals surface area contributed by atoms with E-state index < -0.39 is 0 Å². The minimum Gasteiger partial charge on any atom is -0.495 e. The van der Waals surface area contributed by atoms with E-state index in [2.05, 4.69) is 10.3 Å². The molecule has 3 rings (SSSR count). The van der Waals surface area contributed by atoms with Gasteiger partial charge in [-0.05, 0) is 12.1 Å². The molecule has 1 aliphatic rings. The molecule has 1 amide bonds. The molecule has 1 aromatic carbocycles. The van der Waals surface area contributed by atoms with Crippen LogP contribution in [0.2, 0.25) is 0 Å². The summed E-state index contributed by atoms with van der Waals surface area (Å²) in [5, 5.41) is 2.79. The number of nitrogens with one attached hydrogen (secondary N) is 1. The molecule has 1 fully saturated rings. The van der Waals surface area contributed by atoms with E-state index in [4.69, 9.17) is 14.2 Å². The number of methoxy groups -OCH3 is 2. The van der Waals surface area contributed by atoms with Gasteiger partial charge in [0.1, 0.15) is 12.3 Å². The lowest BCUT2D eigenvalue weighted by molar-refractivity contribution is -0.116. The van der Waals surface area contributed by atoms with Crippen LogP contribution in [0.25, 0.3) is 0 Å². The van der Waals surface area contributed by atoms with Crippen LogP contribution in [0.4, 0.5) is 11.6 Å². The zero-order valence-corrected chi connectivity index (χ0v) is 16.0. The van der Waals surface area contributed by atoms with Crippen molar-refractivity contribution < 1.29 is 19.0 Å². The first-order valence-electron chi connectivity index (χ1n) is 8.97. The van der Waals surface area contributed by atoms with E-state index in [1.807, 2.05) is 11.0 Å². The van der Waals surface area contributed by atoms with Crippen molar-refractivity contribution in [3.63, 3.8) is 0 Å². The zero-order chi connectivity index (χ0) is 19.9. The van der Waals surface area contributed by atoms with Crippen molar-refractivity contribution in [2.75, 3.05) is 50.7 Å². The number of aromatic nitrogens is 2. The van der Waals surface area contributed by atoms with E-state index in [9.17, 15) is 9.59 Å². The second-order valence-electron chi connectivity index (χ2n) is 6.25. The molecule has 0 bridgehead atoms. The summed E-state index contributed by atoms with van der Waals surface area (Å²) in [7, 11) is 3.08. The Labute approximate surface area is 162 Å². The summed E-state index contributed by atoms with van der Waals surface area (Å²) in [6.45, 7) is 2.33. The van der Waals surface area contributed by atoms with Gasteiger partial charge in [-0.3, -0.25) is 14.2 Å². The quantitative estimate of drug-likeness (QED) is 0.752. The van der Waals surface area contributed by atoms with Crippen LogP contribution in [0.15, 0.2) is 35.1 Å². The van der Waals surface area contributed by atoms with E-state index in [1.54, 1.807) is 25.3 Å². The SMILES string of the molecule is COCc1cc(=O)n(CC(=O)Nc2ccccc2OC)c(N2CCOCC2)n1. The van der Waals surface area contributed by atoms with Crippen LogP contribution in [-0.2, 0) is 27.4 Å². The smallest absolute Gasteiger partial charge is 0.255 e. The molecule has 2 aromatic rings. The van der Waals surface area contributed by atoms with Crippen LogP contribution in [0, 0.1) is 0 Å². The van der Waals surface area contributed by atoms with Crippen molar-refractivity contribution in [1.29, 1.82) is 0 Å². The maximum atomic E-state index is 12.7. The molecule has 1 saturated heterocycles. The molecule has 0 spiro atoms. The van der Waals surface area contributed by atoms with Gasteiger partial charge >= 0.3 is 0 Å². The maximum Gasteiger partial charge on any atom is 0.255 e. The number of amides is 1. The summed E-state index contributed by atoms with van der Waals surface area (Å²) in [6, 6.07) is 8.49. The first-order valence-corrected chi connectivity index (χ1v) is 8.97. The van der Waals surface area contributed by atoms with Gasteiger partial charge in [0.15, 0.2) is 0 Å². The molecular formula is C19H24N4O5. The second kappa shape index (κ2) is 9.34. The van der Waals surface area contributed by atoms with Crippen molar-refractivity contribution in [2.45, 2.75) is 13.2 Å². The highest BCUT2D eigenvalue weighted by Gasteiger charge is 2.20. The van der Waals surface area contributed by atoms with E-state index in [0.29, 0.717) is 49.4 Å². The fourth-order valence-corrected chi connectivity index (χ4v) is 3.00. The lowest BCUT2D eigenvalue weighted by atomic mass is 10.3. The molecule has 150 valence electrons. The predicted octanol–water partition coefficient (Wildman–Crippen LogP) is 0.874. The van der Waals surface area contributed by atoms with Crippen LogP contribution in [0.5, 0.6) is 5.75 Å². The molecular weight excluding hydrogens is 364 g/mol. The Morgan fingerprint density at radius 1 is 1.25 bits per heavy atom. The van der Waals surface area contributed by atoms with Crippen molar-refractivity contribution in [2.24, 2.45) is 0 Å². The lowest BCUT2D eigenvalue weighted by Crippen LogP contribution is -2.42. The van der Waals surface area contributed by atoms with Gasteiger partial charge in [0.05, 0.1) is 38.3 Å². The third kappa shape index (κ3) is 4.68. The van der Waals surface area contributed by atoms with Crippen LogP contribution in [0.1, 0.15) is 5.69 Å². The van der Waals surface area contributed by atoms with Gasteiger partial charge in [-0.25, -0.2) is 4.98 Å². The van der Waals surface area contributed by atoms with Gasteiger partial charge in [0.2, 0.25) is 11.9 Å². The number of rotatable bonds is 7. The Kier molecular flexibility index (Phi) is 6.62. The largest absolute Gasteiger partial charge is 0.495 e. The fraction of sp³-hybridized carbons (Fsp3) is 0.421. The second-order valence-corrected chi connectivity index (χ2v) is 6.25. The topological polar surface area (TPSA) is 94.9 Å². The highest BCUT2D eigenvalue weighted by Crippen LogP contribution is 2.23. The monoisotopic (exact) mass is 388 g/mol. The predicted molar refractivity (Wildman–Crippen MR) is 104 cm³/mol. The molecule has 1 N–H and O–H groups in total. The summed E-state index contributed by atoms with van der Waals surface area (Å²) in [4.78, 5) is 31.8. The fourth-order valence-electron chi connectivity index (χ4n) is 3.00. The number of nitrogens with zero attached hydrogens (tertiary/aromatic N) is 3. The highest BCUT2D eigenvalue weighted by atomic mass is 16.5. The van der Waals surface area contributed by atoms with Crippen molar-refractivity contribution >= 4 is 17.5 Å². The Morgan fingerprint density at radius 3 is 2.71 bits per heavy atom. The summed E-state index contributed by atoms with van der Waals surface area (Å²) >= 11 is 0. The number of anilines is 2. The van der Waals surface area contributed by atoms with Gasteiger partial charge in [-0.2, -0.15) is 0 Å². The van der Waals surface area contributed by atoms with E-state index in [0.717, 1.165) is 0 Å². The van der Waals surface area contributed by atoms with Gasteiger partial charge in [0, 0.05) is 26.3 Å². The number of carbonyl (C=O) groups is 1. The van der Waals surface area contributed by atoms with Gasteiger partial charge in [-0.15, -0.1) is 0 Å². The Hall–Kier alpha value is -2.91. The zero-order valence-electron chi connectivity index (χ0n) is 16.0. The first-order chi connectivity index (χ1) is 13.6.